The van der Waals surface area contributed by atoms with Crippen LogP contribution in [0.4, 0.5) is 5.69 Å². The number of carbonyl (C=O) groups excluding carboxylic acids is 3. The zero-order chi connectivity index (χ0) is 21.1. The number of ether oxygens (including phenoxy) is 1. The van der Waals surface area contributed by atoms with E-state index in [1.54, 1.807) is 30.3 Å². The van der Waals surface area contributed by atoms with Crippen molar-refractivity contribution in [2.75, 3.05) is 4.90 Å². The fraction of sp³-hybridized carbons (Fsp3) is 0.269. The fourth-order valence-electron chi connectivity index (χ4n) is 5.81. The molecule has 4 unspecified atom stereocenters. The summed E-state index contributed by atoms with van der Waals surface area (Å²) in [5.74, 6) is 0.257. The maximum absolute atomic E-state index is 13.0. The number of hydrogen-bond acceptors (Lipinski definition) is 4. The molecule has 3 aromatic rings. The van der Waals surface area contributed by atoms with E-state index < -0.39 is 5.97 Å². The fourth-order valence-corrected chi connectivity index (χ4v) is 5.81. The summed E-state index contributed by atoms with van der Waals surface area (Å²) in [4.78, 5) is 39.9. The summed E-state index contributed by atoms with van der Waals surface area (Å²) in [6, 6.07) is 19.9. The number of fused-ring (bicyclic) bond motifs is 6. The van der Waals surface area contributed by atoms with Crippen LogP contribution >= 0.6 is 0 Å². The third kappa shape index (κ3) is 2.80. The van der Waals surface area contributed by atoms with E-state index in [4.69, 9.17) is 4.74 Å². The molecule has 3 aromatic carbocycles. The molecule has 2 saturated carbocycles. The molecule has 5 nitrogen and oxygen atoms in total. The number of carbonyl (C=O) groups is 3. The molecular formula is C26H21NO4. The van der Waals surface area contributed by atoms with E-state index >= 15 is 0 Å². The van der Waals surface area contributed by atoms with Crippen molar-refractivity contribution in [2.45, 2.75) is 19.3 Å². The standard InChI is InChI=1S/C26H21NO4/c28-24-22-18-5-6-19(13-18)23(22)25(29)27(24)20-10-7-16(8-11-20)26(30)31-21-12-9-15-3-1-2-4-17(15)14-21/h1-4,7-12,14,18-19,22-23H,5-6,13H2. The van der Waals surface area contributed by atoms with Crippen LogP contribution in [0.1, 0.15) is 29.6 Å². The lowest BCUT2D eigenvalue weighted by Gasteiger charge is -2.19. The number of benzene rings is 3. The summed E-state index contributed by atoms with van der Waals surface area (Å²) in [5, 5.41) is 2.07. The van der Waals surface area contributed by atoms with E-state index in [2.05, 4.69) is 0 Å². The summed E-state index contributed by atoms with van der Waals surface area (Å²) in [6.45, 7) is 0. The van der Waals surface area contributed by atoms with Gasteiger partial charge in [-0.15, -0.1) is 0 Å². The minimum absolute atomic E-state index is 0.0753. The first-order chi connectivity index (χ1) is 15.1. The minimum Gasteiger partial charge on any atom is -0.423 e. The molecule has 3 aliphatic rings. The number of imide groups is 1. The predicted octanol–water partition coefficient (Wildman–Crippen LogP) is 4.59. The predicted molar refractivity (Wildman–Crippen MR) is 116 cm³/mol. The summed E-state index contributed by atoms with van der Waals surface area (Å²) >= 11 is 0. The van der Waals surface area contributed by atoms with E-state index in [0.717, 1.165) is 30.0 Å². The van der Waals surface area contributed by atoms with Gasteiger partial charge in [0.1, 0.15) is 5.75 Å². The van der Waals surface area contributed by atoms with Crippen molar-refractivity contribution in [2.24, 2.45) is 23.7 Å². The smallest absolute Gasteiger partial charge is 0.343 e. The molecule has 31 heavy (non-hydrogen) atoms. The van der Waals surface area contributed by atoms with Crippen LogP contribution in [0.3, 0.4) is 0 Å². The van der Waals surface area contributed by atoms with Crippen molar-refractivity contribution in [3.63, 3.8) is 0 Å². The van der Waals surface area contributed by atoms with Gasteiger partial charge < -0.3 is 4.74 Å². The lowest BCUT2D eigenvalue weighted by molar-refractivity contribution is -0.123. The maximum Gasteiger partial charge on any atom is 0.343 e. The molecule has 5 heteroatoms. The van der Waals surface area contributed by atoms with Gasteiger partial charge in [-0.2, -0.15) is 0 Å². The zero-order valence-electron chi connectivity index (χ0n) is 16.9. The highest BCUT2D eigenvalue weighted by Gasteiger charge is 2.61. The number of esters is 1. The average molecular weight is 411 g/mol. The van der Waals surface area contributed by atoms with Gasteiger partial charge in [0.05, 0.1) is 23.1 Å². The van der Waals surface area contributed by atoms with Crippen LogP contribution in [0, 0.1) is 23.7 Å². The van der Waals surface area contributed by atoms with Crippen molar-refractivity contribution in [3.05, 3.63) is 72.3 Å². The Morgan fingerprint density at radius 3 is 2.13 bits per heavy atom. The zero-order valence-corrected chi connectivity index (χ0v) is 16.9. The first-order valence-electron chi connectivity index (χ1n) is 10.8. The molecule has 1 saturated heterocycles. The quantitative estimate of drug-likeness (QED) is 0.359. The number of amides is 2. The van der Waals surface area contributed by atoms with Gasteiger partial charge in [0.25, 0.3) is 0 Å². The molecule has 3 fully saturated rings. The Kier molecular flexibility index (Phi) is 4.00. The van der Waals surface area contributed by atoms with E-state index in [0.29, 0.717) is 28.8 Å². The van der Waals surface area contributed by atoms with Gasteiger partial charge in [-0.1, -0.05) is 30.3 Å². The van der Waals surface area contributed by atoms with E-state index in [-0.39, 0.29) is 23.7 Å². The molecule has 1 aliphatic heterocycles. The maximum atomic E-state index is 13.0. The Bertz CT molecular complexity index is 1200. The molecule has 0 radical (unpaired) electrons. The molecule has 1 heterocycles. The number of rotatable bonds is 3. The molecule has 4 atom stereocenters. The number of nitrogens with zero attached hydrogens (tertiary/aromatic N) is 1. The lowest BCUT2D eigenvalue weighted by atomic mass is 9.81. The largest absolute Gasteiger partial charge is 0.423 e. The van der Waals surface area contributed by atoms with Crippen LogP contribution in [0.2, 0.25) is 0 Å². The van der Waals surface area contributed by atoms with Crippen LogP contribution in [-0.4, -0.2) is 17.8 Å². The highest BCUT2D eigenvalue weighted by atomic mass is 16.5. The Morgan fingerprint density at radius 1 is 0.806 bits per heavy atom. The Morgan fingerprint density at radius 2 is 1.45 bits per heavy atom. The second kappa shape index (κ2) is 6.77. The van der Waals surface area contributed by atoms with Crippen LogP contribution in [0.25, 0.3) is 10.8 Å². The average Bonchev–Trinajstić information content (AvgIpc) is 3.47. The van der Waals surface area contributed by atoms with Gasteiger partial charge in [-0.25, -0.2) is 4.79 Å². The van der Waals surface area contributed by atoms with Gasteiger partial charge in [-0.3, -0.25) is 14.5 Å². The first kappa shape index (κ1) is 18.3. The monoisotopic (exact) mass is 411 g/mol. The normalized spacial score (nSPS) is 26.5. The van der Waals surface area contributed by atoms with E-state index in [9.17, 15) is 14.4 Å². The van der Waals surface area contributed by atoms with Gasteiger partial charge in [-0.05, 0) is 78.3 Å². The molecule has 2 bridgehead atoms. The molecule has 154 valence electrons. The molecule has 0 spiro atoms. The van der Waals surface area contributed by atoms with Gasteiger partial charge >= 0.3 is 5.97 Å². The Hall–Kier alpha value is -3.47. The van der Waals surface area contributed by atoms with Crippen LogP contribution in [0.5, 0.6) is 5.75 Å². The number of hydrogen-bond donors (Lipinski definition) is 0. The second-order valence-corrected chi connectivity index (χ2v) is 8.84. The lowest BCUT2D eigenvalue weighted by Crippen LogP contribution is -2.32. The van der Waals surface area contributed by atoms with E-state index in [1.165, 1.54) is 4.90 Å². The molecule has 0 N–H and O–H groups in total. The molecular weight excluding hydrogens is 390 g/mol. The van der Waals surface area contributed by atoms with Crippen molar-refractivity contribution < 1.29 is 19.1 Å². The van der Waals surface area contributed by atoms with E-state index in [1.807, 2.05) is 36.4 Å². The van der Waals surface area contributed by atoms with Crippen molar-refractivity contribution >= 4 is 34.2 Å². The van der Waals surface area contributed by atoms with Gasteiger partial charge in [0, 0.05) is 0 Å². The van der Waals surface area contributed by atoms with Crippen molar-refractivity contribution in [1.82, 2.24) is 0 Å². The summed E-state index contributed by atoms with van der Waals surface area (Å²) in [6.07, 6.45) is 3.12. The van der Waals surface area contributed by atoms with Crippen LogP contribution < -0.4 is 9.64 Å². The summed E-state index contributed by atoms with van der Waals surface area (Å²) in [5.41, 5.74) is 0.905. The van der Waals surface area contributed by atoms with Crippen LogP contribution in [0.15, 0.2) is 66.7 Å². The highest BCUT2D eigenvalue weighted by molar-refractivity contribution is 6.22. The first-order valence-corrected chi connectivity index (χ1v) is 10.8. The summed E-state index contributed by atoms with van der Waals surface area (Å²) in [7, 11) is 0. The highest BCUT2D eigenvalue weighted by Crippen LogP contribution is 2.56. The van der Waals surface area contributed by atoms with Crippen molar-refractivity contribution in [1.29, 1.82) is 0 Å². The van der Waals surface area contributed by atoms with Crippen LogP contribution in [-0.2, 0) is 9.59 Å². The Labute approximate surface area is 179 Å². The topological polar surface area (TPSA) is 63.7 Å². The SMILES string of the molecule is O=C(Oc1ccc2ccccc2c1)c1ccc(N2C(=O)C3C4CCC(C4)C3C2=O)cc1. The molecule has 0 aromatic heterocycles. The number of anilines is 1. The third-order valence-corrected chi connectivity index (χ3v) is 7.22. The third-order valence-electron chi connectivity index (χ3n) is 7.22. The minimum atomic E-state index is -0.476. The molecule has 2 amide bonds. The van der Waals surface area contributed by atoms with Gasteiger partial charge in [0.15, 0.2) is 0 Å². The summed E-state index contributed by atoms with van der Waals surface area (Å²) < 4.78 is 5.53. The molecule has 6 rings (SSSR count). The van der Waals surface area contributed by atoms with Crippen molar-refractivity contribution in [3.8, 4) is 5.75 Å². The van der Waals surface area contributed by atoms with Gasteiger partial charge in [0.2, 0.25) is 11.8 Å². The second-order valence-electron chi connectivity index (χ2n) is 8.84. The Balaban J connectivity index is 1.21. The molecule has 2 aliphatic carbocycles.